The van der Waals surface area contributed by atoms with Gasteiger partial charge in [0, 0.05) is 6.07 Å². The van der Waals surface area contributed by atoms with Crippen LogP contribution < -0.4 is 14.5 Å². The van der Waals surface area contributed by atoms with Crippen LogP contribution in [0.5, 0.6) is 11.6 Å². The molecule has 2 rings (SSSR count). The van der Waals surface area contributed by atoms with Crippen molar-refractivity contribution in [2.75, 3.05) is 7.11 Å². The van der Waals surface area contributed by atoms with Crippen LogP contribution in [0.4, 0.5) is 13.2 Å². The van der Waals surface area contributed by atoms with E-state index in [2.05, 4.69) is 4.98 Å². The van der Waals surface area contributed by atoms with Gasteiger partial charge >= 0.3 is 12.1 Å². The molecule has 1 aromatic carbocycles. The number of aromatic nitrogens is 1. The minimum absolute atomic E-state index is 0.00366. The third-order valence-corrected chi connectivity index (χ3v) is 2.85. The number of hydrogen-bond donors (Lipinski definition) is 0. The summed E-state index contributed by atoms with van der Waals surface area (Å²) in [5.74, 6) is 0.384. The molecule has 0 aliphatic heterocycles. The van der Waals surface area contributed by atoms with Crippen LogP contribution in [0.25, 0.3) is 0 Å². The molecular weight excluding hydrogens is 297 g/mol. The van der Waals surface area contributed by atoms with Gasteiger partial charge in [0.2, 0.25) is 0 Å². The van der Waals surface area contributed by atoms with Crippen LogP contribution in [-0.4, -0.2) is 7.11 Å². The maximum absolute atomic E-state index is 12.7. The lowest BCUT2D eigenvalue weighted by molar-refractivity contribution is -0.438. The lowest BCUT2D eigenvalue weighted by Crippen LogP contribution is -2.23. The molecule has 1 heterocycles. The summed E-state index contributed by atoms with van der Waals surface area (Å²) in [6.07, 6.45) is -4.54. The summed E-state index contributed by atoms with van der Waals surface area (Å²) in [5.41, 5.74) is -0.280. The fourth-order valence-corrected chi connectivity index (χ4v) is 1.76. The van der Waals surface area contributed by atoms with Crippen molar-refractivity contribution in [1.82, 2.24) is 0 Å². The summed E-state index contributed by atoms with van der Waals surface area (Å²) >= 11 is 0. The van der Waals surface area contributed by atoms with E-state index in [0.717, 1.165) is 12.1 Å². The zero-order valence-corrected chi connectivity index (χ0v) is 11.6. The molecule has 0 aliphatic carbocycles. The number of rotatable bonds is 4. The van der Waals surface area contributed by atoms with Crippen molar-refractivity contribution in [1.29, 1.82) is 5.26 Å². The molecule has 0 amide bonds. The van der Waals surface area contributed by atoms with Crippen LogP contribution >= 0.6 is 0 Å². The number of hydrogen-bond acceptors (Lipinski definition) is 3. The SMILES string of the molecule is COc1cccc(COc2[nH+]c(C(F)(F)F)ccc2C#N)c1. The second-order valence-electron chi connectivity index (χ2n) is 4.36. The number of H-pyrrole nitrogens is 1. The molecule has 7 heteroatoms. The standard InChI is InChI=1S/C15H11F3N2O2/c1-21-12-4-2-3-10(7-12)9-22-14-11(8-19)5-6-13(20-14)15(16,17)18/h2-7H,9H2,1H3/p+1. The summed E-state index contributed by atoms with van der Waals surface area (Å²) in [4.78, 5) is 2.10. The monoisotopic (exact) mass is 309 g/mol. The maximum Gasteiger partial charge on any atom is 0.477 e. The van der Waals surface area contributed by atoms with E-state index in [-0.39, 0.29) is 18.1 Å². The van der Waals surface area contributed by atoms with Gasteiger partial charge in [0.25, 0.3) is 5.69 Å². The van der Waals surface area contributed by atoms with Gasteiger partial charge in [0.1, 0.15) is 18.4 Å². The second-order valence-corrected chi connectivity index (χ2v) is 4.36. The Morgan fingerprint density at radius 2 is 2.00 bits per heavy atom. The Kier molecular flexibility index (Phi) is 4.51. The molecule has 0 saturated carbocycles. The van der Waals surface area contributed by atoms with Crippen LogP contribution in [0.1, 0.15) is 16.8 Å². The third-order valence-electron chi connectivity index (χ3n) is 2.85. The van der Waals surface area contributed by atoms with E-state index in [9.17, 15) is 13.2 Å². The van der Waals surface area contributed by atoms with Gasteiger partial charge in [-0.25, -0.2) is 0 Å². The van der Waals surface area contributed by atoms with Gasteiger partial charge in [0.15, 0.2) is 5.56 Å². The van der Waals surface area contributed by atoms with Gasteiger partial charge in [-0.05, 0) is 23.8 Å². The smallest absolute Gasteiger partial charge is 0.477 e. The lowest BCUT2D eigenvalue weighted by atomic mass is 10.2. The van der Waals surface area contributed by atoms with Crippen LogP contribution in [0.2, 0.25) is 0 Å². The van der Waals surface area contributed by atoms with E-state index in [1.165, 1.54) is 7.11 Å². The summed E-state index contributed by atoms with van der Waals surface area (Å²) in [5, 5.41) is 8.94. The van der Waals surface area contributed by atoms with Crippen molar-refractivity contribution in [3.05, 3.63) is 53.2 Å². The zero-order chi connectivity index (χ0) is 16.2. The fourth-order valence-electron chi connectivity index (χ4n) is 1.76. The molecule has 0 bridgehead atoms. The van der Waals surface area contributed by atoms with Crippen molar-refractivity contribution in [2.24, 2.45) is 0 Å². The molecule has 1 N–H and O–H groups in total. The van der Waals surface area contributed by atoms with Gasteiger partial charge in [-0.1, -0.05) is 12.1 Å². The highest BCUT2D eigenvalue weighted by atomic mass is 19.4. The van der Waals surface area contributed by atoms with Crippen molar-refractivity contribution in [3.63, 3.8) is 0 Å². The quantitative estimate of drug-likeness (QED) is 0.872. The van der Waals surface area contributed by atoms with E-state index < -0.39 is 11.9 Å². The number of benzene rings is 1. The summed E-state index contributed by atoms with van der Waals surface area (Å²) in [6.45, 7) is 0.00366. The highest BCUT2D eigenvalue weighted by molar-refractivity contribution is 5.35. The van der Waals surface area contributed by atoms with Crippen molar-refractivity contribution >= 4 is 0 Å². The first-order valence-corrected chi connectivity index (χ1v) is 6.23. The van der Waals surface area contributed by atoms with Gasteiger partial charge < -0.3 is 9.47 Å². The third kappa shape index (κ3) is 3.67. The van der Waals surface area contributed by atoms with Crippen LogP contribution in [0.15, 0.2) is 36.4 Å². The largest absolute Gasteiger partial charge is 0.497 e. The average Bonchev–Trinajstić information content (AvgIpc) is 2.52. The van der Waals surface area contributed by atoms with Crippen molar-refractivity contribution in [3.8, 4) is 17.7 Å². The number of pyridine rings is 1. The van der Waals surface area contributed by atoms with Crippen LogP contribution in [0.3, 0.4) is 0 Å². The minimum atomic E-state index is -4.54. The predicted octanol–water partition coefficient (Wildman–Crippen LogP) is 2.98. The van der Waals surface area contributed by atoms with Crippen molar-refractivity contribution < 1.29 is 27.6 Å². The Morgan fingerprint density at radius 3 is 2.64 bits per heavy atom. The summed E-state index contributed by atoms with van der Waals surface area (Å²) in [6, 6.07) is 10.6. The highest BCUT2D eigenvalue weighted by Crippen LogP contribution is 2.27. The normalized spacial score (nSPS) is 10.9. The number of ether oxygens (including phenoxy) is 2. The van der Waals surface area contributed by atoms with Gasteiger partial charge in [-0.15, -0.1) is 0 Å². The van der Waals surface area contributed by atoms with E-state index in [1.807, 2.05) is 0 Å². The van der Waals surface area contributed by atoms with E-state index in [4.69, 9.17) is 14.7 Å². The molecule has 0 radical (unpaired) electrons. The number of halogens is 3. The molecule has 0 atom stereocenters. The molecule has 0 fully saturated rings. The highest BCUT2D eigenvalue weighted by Gasteiger charge is 2.39. The van der Waals surface area contributed by atoms with E-state index >= 15 is 0 Å². The molecule has 0 saturated heterocycles. The van der Waals surface area contributed by atoms with Gasteiger partial charge in [-0.3, -0.25) is 0 Å². The van der Waals surface area contributed by atoms with Crippen molar-refractivity contribution in [2.45, 2.75) is 12.8 Å². The number of nitrogens with zero attached hydrogens (tertiary/aromatic N) is 1. The number of aromatic amines is 1. The molecule has 0 aliphatic rings. The average molecular weight is 309 g/mol. The first-order chi connectivity index (χ1) is 10.4. The number of nitriles is 1. The Morgan fingerprint density at radius 1 is 1.23 bits per heavy atom. The first-order valence-electron chi connectivity index (χ1n) is 6.23. The molecule has 0 unspecified atom stereocenters. The number of nitrogens with one attached hydrogen (secondary N) is 1. The van der Waals surface area contributed by atoms with Crippen LogP contribution in [-0.2, 0) is 12.8 Å². The van der Waals surface area contributed by atoms with Gasteiger partial charge in [0.05, 0.1) is 7.11 Å². The molecular formula is C15H12F3N2O2+. The number of methoxy groups -OCH3 is 1. The first kappa shape index (κ1) is 15.6. The topological polar surface area (TPSA) is 56.4 Å². The molecule has 0 spiro atoms. The lowest BCUT2D eigenvalue weighted by Gasteiger charge is -2.06. The predicted molar refractivity (Wildman–Crippen MR) is 70.0 cm³/mol. The Labute approximate surface area is 124 Å². The molecule has 1 aromatic heterocycles. The Bertz CT molecular complexity index is 709. The Balaban J connectivity index is 2.22. The second kappa shape index (κ2) is 6.35. The number of alkyl halides is 3. The van der Waals surface area contributed by atoms with Crippen LogP contribution in [0, 0.1) is 11.3 Å². The Hall–Kier alpha value is -2.75. The molecule has 2 aromatic rings. The maximum atomic E-state index is 12.7. The fraction of sp³-hybridized carbons (Fsp3) is 0.200. The van der Waals surface area contributed by atoms with Gasteiger partial charge in [-0.2, -0.15) is 23.4 Å². The summed E-state index contributed by atoms with van der Waals surface area (Å²) < 4.78 is 48.4. The van der Waals surface area contributed by atoms with E-state index in [1.54, 1.807) is 30.3 Å². The van der Waals surface area contributed by atoms with E-state index in [0.29, 0.717) is 11.3 Å². The zero-order valence-electron chi connectivity index (χ0n) is 11.6. The molecule has 114 valence electrons. The molecule has 22 heavy (non-hydrogen) atoms. The summed E-state index contributed by atoms with van der Waals surface area (Å²) in [7, 11) is 1.51. The minimum Gasteiger partial charge on any atom is -0.497 e. The molecule has 4 nitrogen and oxygen atoms in total.